The summed E-state index contributed by atoms with van der Waals surface area (Å²) in [7, 11) is -60.7. The molecule has 7 rings (SSSR count). The van der Waals surface area contributed by atoms with Crippen molar-refractivity contribution in [1.29, 1.82) is 0 Å². The molecule has 0 unspecified atom stereocenters. The number of ether oxygens (including phenoxy) is 13. The second-order valence-electron chi connectivity index (χ2n) is 25.2. The molecule has 0 aromatic rings. The molecule has 7 aliphatic heterocycles. The summed E-state index contributed by atoms with van der Waals surface area (Å²) in [5.41, 5.74) is 0. The molecule has 0 aromatic heterocycles. The van der Waals surface area contributed by atoms with E-state index in [4.69, 9.17) is 56.8 Å². The highest BCUT2D eigenvalue weighted by atomic mass is 32.3. The van der Waals surface area contributed by atoms with Crippen molar-refractivity contribution in [2.45, 2.75) is 215 Å². The molecule has 7 saturated heterocycles. The van der Waals surface area contributed by atoms with Gasteiger partial charge in [-0.3, -0.25) is 45.5 Å². The average Bonchev–Trinajstić information content (AvgIpc) is 0.763. The molecule has 0 aromatic carbocycles. The van der Waals surface area contributed by atoms with Crippen molar-refractivity contribution < 1.29 is 306 Å². The summed E-state index contributed by atoms with van der Waals surface area (Å²) in [6, 6.07) is -9.43. The first kappa shape index (κ1) is 105. The molecule has 0 saturated carbocycles. The molecular weight excluding hydrogens is 1940 g/mol. The molecule has 0 spiro atoms. The van der Waals surface area contributed by atoms with Gasteiger partial charge in [-0.2, -0.15) is 98.3 Å². The Bertz CT molecular complexity index is 4930. The number of aliphatic carboxylic acids is 4. The maximum absolute atomic E-state index is 13.3. The lowest BCUT2D eigenvalue weighted by atomic mass is 9.94. The highest BCUT2D eigenvalue weighted by molar-refractivity contribution is 7.84. The monoisotopic (exact) mass is 2000 g/mol. The van der Waals surface area contributed by atoms with Crippen LogP contribution in [-0.2, 0) is 214 Å². The molecule has 7 fully saturated rings. The summed E-state index contributed by atoms with van der Waals surface area (Å²) in [6.45, 7) is -6.03. The van der Waals surface area contributed by atoms with E-state index in [1.165, 1.54) is 0 Å². The van der Waals surface area contributed by atoms with Gasteiger partial charge in [0, 0.05) is 0 Å². The zero-order valence-corrected chi connectivity index (χ0v) is 66.3. The van der Waals surface area contributed by atoms with Crippen LogP contribution < -0.4 is 14.2 Å². The highest BCUT2D eigenvalue weighted by Gasteiger charge is 2.64. The normalized spacial score (nSPS) is 39.7. The summed E-state index contributed by atoms with van der Waals surface area (Å²) in [5.74, 6) is -9.94. The lowest BCUT2D eigenvalue weighted by molar-refractivity contribution is -0.377. The van der Waals surface area contributed by atoms with Gasteiger partial charge in [-0.25, -0.2) is 48.5 Å². The molecule has 0 radical (unpaired) electrons. The topological polar surface area (TPSA) is 1100 Å². The van der Waals surface area contributed by atoms with Gasteiger partial charge in [0.15, 0.2) is 92.9 Å². The van der Waals surface area contributed by atoms with Gasteiger partial charge < -0.3 is 128 Å². The number of rotatable bonds is 39. The minimum atomic E-state index is -6.42. The van der Waals surface area contributed by atoms with Gasteiger partial charge >= 0.3 is 128 Å². The van der Waals surface area contributed by atoms with Crippen molar-refractivity contribution in [2.75, 3.05) is 19.8 Å². The third kappa shape index (κ3) is 29.1. The Balaban J connectivity index is 1.27. The summed E-state index contributed by atoms with van der Waals surface area (Å²) in [5, 5.41) is 143. The molecule has 80 heteroatoms. The van der Waals surface area contributed by atoms with Gasteiger partial charge in [0.1, 0.15) is 122 Å². The SMILES string of the molecule is O=C(O)[C@@H]1O[C@@H](O[C@H]2[C@H](O)[C@@H](NS(=O)(=O)O)[C@@H](O[C@H]3[C@H](O)[C@@H](OS(=O)(=O)O)[C@H](O[C@H]4[C@H](O)[C@@H](NS(=O)(=O)O)[C@@H](O[C@H]5[C@H](O)[C@@H](OS(=O)(=O)O)[C@H](O[C@H]6[C@H](O)[C@@H](NS(=O)(=O)O)[C@@H](O[C@H]7[C@H](O)[C@@H](OS(=O)(=O)O)[C@H](O)O[C@H]7C(=O)O)O[C@@H]6COS(=O)(=O)O)O[C@H]5C(=O)O)O[C@@H]4COS(=O)(=O)O)O[C@H]3C(=O)O)O[C@@H]2COS(=O)(=O)O)[C@H](OS(=O)(=O)O)[C@@H](O)[C@@H]1O. The smallest absolute Gasteiger partial charge is 0.397 e. The molecule has 0 amide bonds. The molecular formula is C42H67N3O67S10. The van der Waals surface area contributed by atoms with Crippen LogP contribution in [0.4, 0.5) is 0 Å². The maximum Gasteiger partial charge on any atom is 0.397 e. The second kappa shape index (κ2) is 39.6. The predicted molar refractivity (Wildman–Crippen MR) is 344 cm³/mol. The number of nitrogens with one attached hydrogen (secondary N) is 3. The van der Waals surface area contributed by atoms with Crippen molar-refractivity contribution in [1.82, 2.24) is 14.2 Å². The van der Waals surface area contributed by atoms with E-state index in [0.29, 0.717) is 0 Å². The lowest BCUT2D eigenvalue weighted by Gasteiger charge is -2.50. The zero-order chi connectivity index (χ0) is 92.9. The van der Waals surface area contributed by atoms with Gasteiger partial charge in [-0.15, -0.1) is 0 Å². The van der Waals surface area contributed by atoms with Gasteiger partial charge in [0.2, 0.25) is 0 Å². The van der Waals surface area contributed by atoms with E-state index in [1.54, 1.807) is 0 Å². The molecule has 35 atom stereocenters. The Morgan fingerprint density at radius 2 is 0.467 bits per heavy atom. The van der Waals surface area contributed by atoms with Crippen LogP contribution in [0.3, 0.4) is 0 Å². The van der Waals surface area contributed by atoms with Crippen molar-refractivity contribution in [3.8, 4) is 0 Å². The fourth-order valence-electron chi connectivity index (χ4n) is 12.2. The third-order valence-corrected chi connectivity index (χ3v) is 21.7. The first-order valence-electron chi connectivity index (χ1n) is 31.5. The van der Waals surface area contributed by atoms with Crippen molar-refractivity contribution >= 4 is 128 Å². The number of carbonyl (C=O) groups is 4. The number of hydrogen-bond donors (Lipinski definition) is 26. The fraction of sp³-hybridized carbons (Fsp3) is 0.905. The molecule has 122 heavy (non-hydrogen) atoms. The third-order valence-electron chi connectivity index (χ3n) is 16.8. The molecule has 70 nitrogen and oxygen atoms in total. The van der Waals surface area contributed by atoms with Crippen molar-refractivity contribution in [3.63, 3.8) is 0 Å². The lowest BCUT2D eigenvalue weighted by Crippen LogP contribution is -2.71. The Hall–Kier alpha value is -4.30. The zero-order valence-electron chi connectivity index (χ0n) is 58.2. The fourth-order valence-corrected chi connectivity index (χ4v) is 16.8. The molecule has 7 heterocycles. The van der Waals surface area contributed by atoms with E-state index in [-0.39, 0.29) is 0 Å². The van der Waals surface area contributed by atoms with Crippen molar-refractivity contribution in [3.05, 3.63) is 0 Å². The number of aliphatic hydroxyl groups excluding tert-OH is 9. The second-order valence-corrected chi connectivity index (χ2v) is 36.2. The van der Waals surface area contributed by atoms with Gasteiger partial charge in [0.05, 0.1) is 19.8 Å². The Kier molecular flexibility index (Phi) is 34.0. The molecule has 0 aliphatic carbocycles. The van der Waals surface area contributed by atoms with Crippen molar-refractivity contribution in [2.24, 2.45) is 0 Å². The summed E-state index contributed by atoms with van der Waals surface area (Å²) >= 11 is 0. The highest BCUT2D eigenvalue weighted by Crippen LogP contribution is 2.41. The number of aliphatic hydroxyl groups is 9. The Labute approximate surface area is 679 Å². The first-order valence-corrected chi connectivity index (χ1v) is 45.4. The number of hydrogen-bond acceptors (Lipinski definition) is 53. The van der Waals surface area contributed by atoms with Crippen LogP contribution in [0.25, 0.3) is 0 Å². The van der Waals surface area contributed by atoms with Crippen LogP contribution in [0.2, 0.25) is 0 Å². The van der Waals surface area contributed by atoms with Crippen LogP contribution in [0.15, 0.2) is 0 Å². The quantitative estimate of drug-likeness (QED) is 0.0254. The minimum Gasteiger partial charge on any atom is -0.479 e. The van der Waals surface area contributed by atoms with Crippen LogP contribution >= 0.6 is 0 Å². The van der Waals surface area contributed by atoms with E-state index in [2.05, 4.69) is 34.0 Å². The van der Waals surface area contributed by atoms with E-state index in [9.17, 15) is 215 Å². The minimum absolute atomic E-state index is 1.07. The molecule has 712 valence electrons. The Morgan fingerprint density at radius 3 is 0.705 bits per heavy atom. The van der Waals surface area contributed by atoms with E-state index in [1.807, 2.05) is 0 Å². The van der Waals surface area contributed by atoms with Gasteiger partial charge in [0.25, 0.3) is 0 Å². The van der Waals surface area contributed by atoms with Crippen LogP contribution in [0.5, 0.6) is 0 Å². The van der Waals surface area contributed by atoms with Crippen LogP contribution in [-0.4, -0.2) is 455 Å². The van der Waals surface area contributed by atoms with Crippen LogP contribution in [0, 0.1) is 0 Å². The number of carboxylic acids is 4. The summed E-state index contributed by atoms with van der Waals surface area (Å²) in [4.78, 5) is 50.9. The molecule has 26 N–H and O–H groups in total. The summed E-state index contributed by atoms with van der Waals surface area (Å²) < 4.78 is 444. The van der Waals surface area contributed by atoms with E-state index in [0.717, 1.165) is 14.2 Å². The summed E-state index contributed by atoms with van der Waals surface area (Å²) in [6.07, 6.45) is -101. The number of carboxylic acid groups (broad SMARTS) is 4. The van der Waals surface area contributed by atoms with Gasteiger partial charge in [-0.1, -0.05) is 0 Å². The van der Waals surface area contributed by atoms with E-state index >= 15 is 0 Å². The first-order chi connectivity index (χ1) is 55.2. The van der Waals surface area contributed by atoms with Crippen LogP contribution in [0.1, 0.15) is 0 Å². The Morgan fingerprint density at radius 1 is 0.246 bits per heavy atom. The standard InChI is InChI=1S/C42H67N3O67S10/c46-10-8(44-114(66,67)68)38(97-4(1-93-116(72,73)74)18(10)100-40-26(110-120(84,85)86)14(50)13(49)24(106-40)32(54)55)104-22-16(52)28(112-122(90,91)92)42(108-30(22)34(58)59)102-20-6(3-95-118(78,79)80)98-39(9(12(20)48)45-115(69,70)71)105-23-17(53)27(111-121(87,88)89)41(107-31(23)35(60)61)101-19-5(2-94-117(75,76)77)96-37(7(11(19)47)43-113(63,64)65)103-21-15(51)25(109-119(81,82)83)36(62)99-29(21)33(56)57/h4-31,36-53,62H,1-3H2,(H,54,55)(H,56,57)(H,58,59)(H,60,61)(H,63,64,65)(H,66,67,68)(H,69,70,71)(H,72,73,74)(H,75,76,77)(H,78,79,80)(H,81,82,83)(H,84,85,86)(H,87,88,89)(H,90,91,92)/t4-,5-,6-,7-,8-,9-,10-,11-,12-,13+,14+,15+,16+,17+,18-,19-,20-,21+,22+,23+,24-,25-,26-,27-,28-,29-,30-,31-,36-,37-,38-,39-,40-,41-,42-/m1/s1. The maximum atomic E-state index is 13.3. The average molecular weight is 2010 g/mol. The largest absolute Gasteiger partial charge is 0.479 e. The molecule has 0 bridgehead atoms. The molecule has 7 aliphatic rings. The van der Waals surface area contributed by atoms with E-state index < -0.39 is 362 Å². The van der Waals surface area contributed by atoms with Gasteiger partial charge in [-0.05, 0) is 0 Å². The predicted octanol–water partition coefficient (Wildman–Crippen LogP) is -18.9.